The van der Waals surface area contributed by atoms with Gasteiger partial charge in [-0.3, -0.25) is 4.99 Å². The van der Waals surface area contributed by atoms with Crippen LogP contribution in [0.4, 0.5) is 0 Å². The first kappa shape index (κ1) is 21.5. The molecule has 0 N–H and O–H groups in total. The maximum atomic E-state index is 12.6. The van der Waals surface area contributed by atoms with E-state index in [0.717, 1.165) is 10.6 Å². The van der Waals surface area contributed by atoms with Gasteiger partial charge >= 0.3 is 0 Å². The molecule has 12 heteroatoms. The van der Waals surface area contributed by atoms with E-state index in [2.05, 4.69) is 4.99 Å². The van der Waals surface area contributed by atoms with E-state index < -0.39 is 25.9 Å². The van der Waals surface area contributed by atoms with Crippen LogP contribution in [0.3, 0.4) is 0 Å². The lowest BCUT2D eigenvalue weighted by molar-refractivity contribution is -0.000580. The van der Waals surface area contributed by atoms with Crippen LogP contribution in [0, 0.1) is 0 Å². The van der Waals surface area contributed by atoms with Gasteiger partial charge in [-0.05, 0) is 12.1 Å². The van der Waals surface area contributed by atoms with Crippen molar-refractivity contribution < 1.29 is 21.0 Å². The van der Waals surface area contributed by atoms with Crippen LogP contribution >= 0.6 is 23.4 Å². The Labute approximate surface area is 163 Å². The summed E-state index contributed by atoms with van der Waals surface area (Å²) in [4.78, 5) is 5.57. The van der Waals surface area contributed by atoms with Crippen molar-refractivity contribution in [3.63, 3.8) is 0 Å². The molecule has 1 heterocycles. The molecule has 1 aromatic rings. The Morgan fingerprint density at radius 2 is 1.92 bits per heavy atom. The summed E-state index contributed by atoms with van der Waals surface area (Å²) in [5, 5.41) is 0.607. The van der Waals surface area contributed by atoms with Crippen LogP contribution < -0.4 is 0 Å². The number of nitrogens with zero attached hydrogens (tertiary/aromatic N) is 3. The highest BCUT2D eigenvalue weighted by atomic mass is 35.5. The first-order valence-corrected chi connectivity index (χ1v) is 11.9. The van der Waals surface area contributed by atoms with Gasteiger partial charge < -0.3 is 4.90 Å². The zero-order chi connectivity index (χ0) is 19.9. The van der Waals surface area contributed by atoms with E-state index in [1.165, 1.54) is 38.0 Å². The lowest BCUT2D eigenvalue weighted by atomic mass is 10.0. The Morgan fingerprint density at radius 3 is 2.38 bits per heavy atom. The Hall–Kier alpha value is -0.850. The summed E-state index contributed by atoms with van der Waals surface area (Å²) in [6, 6.07) is 4.32. The molecule has 0 aromatic heterocycles. The standard InChI is InChI=1S/C14H20ClN3O5S3/c1-16-13-18(4)14(9-24-13,23-25(5,19)20)10-6-7-11(15)12(8-10)26(21,22)17(2)3/h6-8H,9H2,1-5H3. The number of hydrogen-bond donors (Lipinski definition) is 0. The fourth-order valence-electron chi connectivity index (χ4n) is 2.52. The average Bonchev–Trinajstić information content (AvgIpc) is 2.82. The number of sulfonamides is 1. The normalized spacial score (nSPS) is 23.2. The SMILES string of the molecule is CN=C1SCC(OS(C)(=O)=O)(c2ccc(Cl)c(S(=O)(=O)N(C)C)c2)N1C. The van der Waals surface area contributed by atoms with Crippen molar-refractivity contribution in [3.8, 4) is 0 Å². The molecule has 0 spiro atoms. The predicted octanol–water partition coefficient (Wildman–Crippen LogP) is 1.38. The summed E-state index contributed by atoms with van der Waals surface area (Å²) >= 11 is 7.41. The van der Waals surface area contributed by atoms with Crippen molar-refractivity contribution in [2.75, 3.05) is 40.2 Å². The lowest BCUT2D eigenvalue weighted by Crippen LogP contribution is -2.46. The fourth-order valence-corrected chi connectivity index (χ4v) is 5.97. The summed E-state index contributed by atoms with van der Waals surface area (Å²) in [6.45, 7) is 0. The third-order valence-corrected chi connectivity index (χ3v) is 7.97. The average molecular weight is 442 g/mol. The summed E-state index contributed by atoms with van der Waals surface area (Å²) in [6.07, 6.45) is 0.946. The molecule has 1 unspecified atom stereocenters. The van der Waals surface area contributed by atoms with Gasteiger partial charge in [0.2, 0.25) is 10.0 Å². The smallest absolute Gasteiger partial charge is 0.267 e. The second kappa shape index (κ2) is 7.28. The van der Waals surface area contributed by atoms with Crippen molar-refractivity contribution in [1.29, 1.82) is 0 Å². The highest BCUT2D eigenvalue weighted by molar-refractivity contribution is 8.14. The van der Waals surface area contributed by atoms with E-state index in [4.69, 9.17) is 15.8 Å². The number of amidine groups is 1. The molecule has 1 aliphatic heterocycles. The van der Waals surface area contributed by atoms with Crippen molar-refractivity contribution in [1.82, 2.24) is 9.21 Å². The molecule has 1 fully saturated rings. The van der Waals surface area contributed by atoms with Gasteiger partial charge in [0.15, 0.2) is 10.9 Å². The first-order valence-electron chi connectivity index (χ1n) is 7.32. The van der Waals surface area contributed by atoms with Crippen LogP contribution in [0.2, 0.25) is 5.02 Å². The van der Waals surface area contributed by atoms with Gasteiger partial charge in [-0.2, -0.15) is 8.42 Å². The molecule has 26 heavy (non-hydrogen) atoms. The first-order chi connectivity index (χ1) is 11.8. The van der Waals surface area contributed by atoms with Gasteiger partial charge in [-0.25, -0.2) is 16.9 Å². The van der Waals surface area contributed by atoms with Crippen LogP contribution in [0.1, 0.15) is 5.56 Å². The third kappa shape index (κ3) is 3.87. The summed E-state index contributed by atoms with van der Waals surface area (Å²) in [5.74, 6) is 0.215. The van der Waals surface area contributed by atoms with Crippen LogP contribution in [0.25, 0.3) is 0 Å². The van der Waals surface area contributed by atoms with Crippen molar-refractivity contribution in [2.45, 2.75) is 10.6 Å². The Balaban J connectivity index is 2.72. The van der Waals surface area contributed by atoms with Gasteiger partial charge in [0.05, 0.1) is 17.0 Å². The summed E-state index contributed by atoms with van der Waals surface area (Å²) in [5.41, 5.74) is -1.07. The Kier molecular flexibility index (Phi) is 6.01. The maximum Gasteiger partial charge on any atom is 0.267 e. The summed E-state index contributed by atoms with van der Waals surface area (Å²) < 4.78 is 55.4. The molecule has 1 atom stereocenters. The zero-order valence-corrected chi connectivity index (χ0v) is 18.1. The van der Waals surface area contributed by atoms with Crippen LogP contribution in [-0.2, 0) is 30.0 Å². The predicted molar refractivity (Wildman–Crippen MR) is 104 cm³/mol. The van der Waals surface area contributed by atoms with Crippen molar-refractivity contribution in [3.05, 3.63) is 28.8 Å². The van der Waals surface area contributed by atoms with E-state index in [9.17, 15) is 16.8 Å². The molecule has 0 radical (unpaired) electrons. The van der Waals surface area contributed by atoms with E-state index in [1.54, 1.807) is 25.1 Å². The fraction of sp³-hybridized carbons (Fsp3) is 0.500. The molecular formula is C14H20ClN3O5S3. The van der Waals surface area contributed by atoms with Crippen LogP contribution in [0.15, 0.2) is 28.1 Å². The highest BCUT2D eigenvalue weighted by Gasteiger charge is 2.48. The molecule has 146 valence electrons. The molecule has 1 aromatic carbocycles. The second-order valence-electron chi connectivity index (χ2n) is 5.86. The summed E-state index contributed by atoms with van der Waals surface area (Å²) in [7, 11) is -1.68. The van der Waals surface area contributed by atoms with Gasteiger partial charge in [-0.1, -0.05) is 29.4 Å². The Morgan fingerprint density at radius 1 is 1.31 bits per heavy atom. The Bertz CT molecular complexity index is 947. The van der Waals surface area contributed by atoms with Crippen LogP contribution in [-0.4, -0.2) is 71.4 Å². The quantitative estimate of drug-likeness (QED) is 0.637. The van der Waals surface area contributed by atoms with E-state index in [1.807, 2.05) is 0 Å². The number of thioether (sulfide) groups is 1. The maximum absolute atomic E-state index is 12.6. The number of benzene rings is 1. The molecule has 2 rings (SSSR count). The van der Waals surface area contributed by atoms with E-state index in [-0.39, 0.29) is 15.7 Å². The second-order valence-corrected chi connectivity index (χ2v) is 10.9. The largest absolute Gasteiger partial charge is 0.321 e. The minimum Gasteiger partial charge on any atom is -0.321 e. The minimum atomic E-state index is -3.86. The number of hydrogen-bond acceptors (Lipinski definition) is 7. The zero-order valence-electron chi connectivity index (χ0n) is 14.9. The number of halogens is 1. The number of aliphatic imine (C=N–C) groups is 1. The molecule has 1 saturated heterocycles. The van der Waals surface area contributed by atoms with E-state index >= 15 is 0 Å². The molecular weight excluding hydrogens is 422 g/mol. The molecule has 0 bridgehead atoms. The van der Waals surface area contributed by atoms with Gasteiger partial charge in [-0.15, -0.1) is 0 Å². The highest BCUT2D eigenvalue weighted by Crippen LogP contribution is 2.43. The van der Waals surface area contributed by atoms with Gasteiger partial charge in [0.1, 0.15) is 4.90 Å². The minimum absolute atomic E-state index is 0.0367. The molecule has 1 aliphatic rings. The lowest BCUT2D eigenvalue weighted by Gasteiger charge is -2.35. The monoisotopic (exact) mass is 441 g/mol. The topological polar surface area (TPSA) is 96.3 Å². The molecule has 8 nitrogen and oxygen atoms in total. The van der Waals surface area contributed by atoms with Gasteiger partial charge in [0.25, 0.3) is 10.1 Å². The van der Waals surface area contributed by atoms with Crippen LogP contribution in [0.5, 0.6) is 0 Å². The molecule has 0 saturated carbocycles. The van der Waals surface area contributed by atoms with Crippen molar-refractivity contribution >= 4 is 48.7 Å². The third-order valence-electron chi connectivity index (χ3n) is 3.85. The molecule has 0 aliphatic carbocycles. The van der Waals surface area contributed by atoms with Gasteiger partial charge in [0, 0.05) is 33.8 Å². The van der Waals surface area contributed by atoms with Crippen molar-refractivity contribution in [2.24, 2.45) is 4.99 Å². The molecule has 0 amide bonds. The van der Waals surface area contributed by atoms with E-state index in [0.29, 0.717) is 10.7 Å². The number of rotatable bonds is 5.